The Bertz CT molecular complexity index is 1390. The van der Waals surface area contributed by atoms with Crippen LogP contribution in [0, 0.1) is 6.92 Å². The lowest BCUT2D eigenvalue weighted by Crippen LogP contribution is -2.49. The number of sulfonamides is 1. The summed E-state index contributed by atoms with van der Waals surface area (Å²) in [5.74, 6) is 0.792. The van der Waals surface area contributed by atoms with Crippen molar-refractivity contribution in [2.75, 3.05) is 37.4 Å². The highest BCUT2D eigenvalue weighted by Gasteiger charge is 2.32. The Labute approximate surface area is 205 Å². The zero-order valence-electron chi connectivity index (χ0n) is 20.2. The van der Waals surface area contributed by atoms with Crippen LogP contribution in [0.2, 0.25) is 0 Å². The smallest absolute Gasteiger partial charge is 0.347 e. The van der Waals surface area contributed by atoms with E-state index in [1.54, 1.807) is 17.4 Å². The van der Waals surface area contributed by atoms with Crippen LogP contribution in [0.3, 0.4) is 0 Å². The molecule has 0 amide bonds. The SMILES string of the molecule is CCS(=O)(=O)N1CCC(Nc2ncc3cc(-c4ccccc4C)c(=O)[nH]c3[n+]2C2CCOC2)CC1. The first-order chi connectivity index (χ1) is 16.9. The molecule has 4 heterocycles. The number of aryl methyl sites for hydroxylation is 1. The standard InChI is InChI=1S/C25H31N5O4S/c1-3-35(32,33)29-11-8-19(9-12-29)27-25-26-15-18-14-22(21-7-5-4-6-17(21)2)24(31)28-23(18)30(25)20-10-13-34-16-20/h4-7,14-15,19-20H,3,8-13,16H2,1-2H3,(H,26,27,28,31)/p+1. The minimum Gasteiger partial charge on any atom is -0.378 e. The molecule has 35 heavy (non-hydrogen) atoms. The van der Waals surface area contributed by atoms with E-state index in [9.17, 15) is 13.2 Å². The number of fused-ring (bicyclic) bond motifs is 1. The fraction of sp³-hybridized carbons (Fsp3) is 0.480. The van der Waals surface area contributed by atoms with Crippen molar-refractivity contribution in [3.8, 4) is 11.1 Å². The Hall–Kier alpha value is -2.82. The van der Waals surface area contributed by atoms with E-state index in [1.807, 2.05) is 37.3 Å². The maximum atomic E-state index is 13.2. The van der Waals surface area contributed by atoms with Crippen molar-refractivity contribution in [2.45, 2.75) is 45.2 Å². The van der Waals surface area contributed by atoms with Gasteiger partial charge >= 0.3 is 5.95 Å². The second-order valence-electron chi connectivity index (χ2n) is 9.32. The van der Waals surface area contributed by atoms with Crippen molar-refractivity contribution in [3.05, 3.63) is 52.4 Å². The monoisotopic (exact) mass is 498 g/mol. The second kappa shape index (κ2) is 9.67. The number of ether oxygens (including phenoxy) is 1. The van der Waals surface area contributed by atoms with Crippen LogP contribution >= 0.6 is 0 Å². The van der Waals surface area contributed by atoms with Crippen LogP contribution in [-0.4, -0.2) is 60.8 Å². The number of aromatic nitrogens is 3. The average molecular weight is 499 g/mol. The Balaban J connectivity index is 1.50. The van der Waals surface area contributed by atoms with Crippen molar-refractivity contribution in [3.63, 3.8) is 0 Å². The molecule has 3 aromatic rings. The highest BCUT2D eigenvalue weighted by Crippen LogP contribution is 2.25. The van der Waals surface area contributed by atoms with Crippen molar-refractivity contribution in [2.24, 2.45) is 0 Å². The quantitative estimate of drug-likeness (QED) is 0.505. The summed E-state index contributed by atoms with van der Waals surface area (Å²) in [5.41, 5.74) is 3.14. The third-order valence-corrected chi connectivity index (χ3v) is 8.98. The maximum absolute atomic E-state index is 13.2. The van der Waals surface area contributed by atoms with Crippen molar-refractivity contribution < 1.29 is 17.7 Å². The minimum absolute atomic E-state index is 0.0502. The summed E-state index contributed by atoms with van der Waals surface area (Å²) in [6.45, 7) is 5.87. The molecule has 0 saturated carbocycles. The number of H-pyrrole nitrogens is 1. The number of rotatable bonds is 6. The lowest BCUT2D eigenvalue weighted by molar-refractivity contribution is -0.686. The number of nitrogens with one attached hydrogen (secondary N) is 2. The van der Waals surface area contributed by atoms with E-state index in [4.69, 9.17) is 9.72 Å². The topological polar surface area (TPSA) is 108 Å². The summed E-state index contributed by atoms with van der Waals surface area (Å²) >= 11 is 0. The number of hydrogen-bond acceptors (Lipinski definition) is 6. The molecule has 1 unspecified atom stereocenters. The van der Waals surface area contributed by atoms with Crippen LogP contribution in [0.15, 0.2) is 41.3 Å². The van der Waals surface area contributed by atoms with Gasteiger partial charge in [-0.2, -0.15) is 0 Å². The Kier molecular flexibility index (Phi) is 6.61. The van der Waals surface area contributed by atoms with E-state index in [1.165, 1.54) is 0 Å². The number of pyridine rings is 1. The fourth-order valence-corrected chi connectivity index (χ4v) is 6.17. The Morgan fingerprint density at radius 2 is 1.97 bits per heavy atom. The van der Waals surface area contributed by atoms with Crippen LogP contribution in [-0.2, 0) is 14.8 Å². The van der Waals surface area contributed by atoms with Gasteiger partial charge in [0, 0.05) is 26.1 Å². The highest BCUT2D eigenvalue weighted by atomic mass is 32.2. The highest BCUT2D eigenvalue weighted by molar-refractivity contribution is 7.89. The molecule has 2 N–H and O–H groups in total. The van der Waals surface area contributed by atoms with Gasteiger partial charge in [0.05, 0.1) is 35.4 Å². The molecule has 2 saturated heterocycles. The Morgan fingerprint density at radius 3 is 2.66 bits per heavy atom. The van der Waals surface area contributed by atoms with Crippen LogP contribution < -0.4 is 15.4 Å². The van der Waals surface area contributed by atoms with Gasteiger partial charge in [-0.1, -0.05) is 24.3 Å². The van der Waals surface area contributed by atoms with Gasteiger partial charge in [-0.15, -0.1) is 4.98 Å². The van der Waals surface area contributed by atoms with Crippen molar-refractivity contribution in [1.82, 2.24) is 14.3 Å². The fourth-order valence-electron chi connectivity index (χ4n) is 5.04. The molecule has 1 aromatic carbocycles. The first-order valence-electron chi connectivity index (χ1n) is 12.2. The number of aromatic amines is 1. The first-order valence-corrected chi connectivity index (χ1v) is 13.8. The number of anilines is 1. The molecule has 0 spiro atoms. The molecule has 1 atom stereocenters. The molecule has 2 aliphatic heterocycles. The van der Waals surface area contributed by atoms with Gasteiger partial charge < -0.3 is 4.74 Å². The molecule has 10 heteroatoms. The zero-order chi connectivity index (χ0) is 24.6. The van der Waals surface area contributed by atoms with Gasteiger partial charge in [-0.05, 0) is 43.9 Å². The number of piperidine rings is 1. The second-order valence-corrected chi connectivity index (χ2v) is 11.6. The van der Waals surface area contributed by atoms with Gasteiger partial charge in [0.1, 0.15) is 6.20 Å². The first kappa shape index (κ1) is 23.9. The van der Waals surface area contributed by atoms with Crippen LogP contribution in [0.1, 0.15) is 37.8 Å². The van der Waals surface area contributed by atoms with E-state index in [2.05, 4.69) is 14.9 Å². The number of nitrogens with zero attached hydrogens (tertiary/aromatic N) is 3. The predicted octanol–water partition coefficient (Wildman–Crippen LogP) is 2.37. The normalized spacial score (nSPS) is 19.9. The van der Waals surface area contributed by atoms with Gasteiger partial charge in [0.2, 0.25) is 15.7 Å². The van der Waals surface area contributed by atoms with Crippen LogP contribution in [0.25, 0.3) is 22.2 Å². The average Bonchev–Trinajstić information content (AvgIpc) is 3.39. The minimum atomic E-state index is -3.17. The van der Waals surface area contributed by atoms with Crippen molar-refractivity contribution >= 4 is 27.0 Å². The van der Waals surface area contributed by atoms with E-state index in [0.29, 0.717) is 56.3 Å². The Morgan fingerprint density at radius 1 is 1.20 bits per heavy atom. The summed E-state index contributed by atoms with van der Waals surface area (Å²) in [6.07, 6.45) is 4.01. The molecule has 2 aliphatic rings. The van der Waals surface area contributed by atoms with E-state index >= 15 is 0 Å². The number of hydrogen-bond donors (Lipinski definition) is 2. The van der Waals surface area contributed by atoms with Crippen molar-refractivity contribution in [1.29, 1.82) is 0 Å². The molecule has 0 radical (unpaired) electrons. The molecule has 2 aromatic heterocycles. The molecule has 0 aliphatic carbocycles. The molecule has 9 nitrogen and oxygen atoms in total. The lowest BCUT2D eigenvalue weighted by atomic mass is 10.0. The molecular weight excluding hydrogens is 466 g/mol. The largest absolute Gasteiger partial charge is 0.378 e. The predicted molar refractivity (Wildman–Crippen MR) is 135 cm³/mol. The molecule has 0 bridgehead atoms. The van der Waals surface area contributed by atoms with E-state index in [0.717, 1.165) is 22.9 Å². The van der Waals surface area contributed by atoms with Gasteiger partial charge in [0.15, 0.2) is 0 Å². The summed E-state index contributed by atoms with van der Waals surface area (Å²) < 4.78 is 33.7. The van der Waals surface area contributed by atoms with E-state index in [-0.39, 0.29) is 23.4 Å². The van der Waals surface area contributed by atoms with Crippen LogP contribution in [0.5, 0.6) is 0 Å². The third-order valence-electron chi connectivity index (χ3n) is 7.10. The summed E-state index contributed by atoms with van der Waals surface area (Å²) in [6, 6.07) is 9.90. The van der Waals surface area contributed by atoms with E-state index < -0.39 is 10.0 Å². The lowest BCUT2D eigenvalue weighted by Gasteiger charge is -2.30. The van der Waals surface area contributed by atoms with Gasteiger partial charge in [-0.25, -0.2) is 17.3 Å². The molecular formula is C25H32N5O4S+. The molecule has 186 valence electrons. The summed E-state index contributed by atoms with van der Waals surface area (Å²) in [7, 11) is -3.17. The summed E-state index contributed by atoms with van der Waals surface area (Å²) in [5, 5.41) is 4.39. The van der Waals surface area contributed by atoms with Gasteiger partial charge in [-0.3, -0.25) is 15.1 Å². The molecule has 2 fully saturated rings. The summed E-state index contributed by atoms with van der Waals surface area (Å²) in [4.78, 5) is 21.1. The van der Waals surface area contributed by atoms with Gasteiger partial charge in [0.25, 0.3) is 5.56 Å². The third kappa shape index (κ3) is 4.70. The molecule has 5 rings (SSSR count). The number of benzene rings is 1. The van der Waals surface area contributed by atoms with Crippen LogP contribution in [0.4, 0.5) is 5.95 Å². The maximum Gasteiger partial charge on any atom is 0.347 e. The zero-order valence-corrected chi connectivity index (χ0v) is 21.0.